The van der Waals surface area contributed by atoms with Crippen LogP contribution in [0.3, 0.4) is 0 Å². The molecular formula is C22H21N7O5S. The molecule has 0 aliphatic heterocycles. The van der Waals surface area contributed by atoms with Gasteiger partial charge in [-0.05, 0) is 41.8 Å². The number of amidine groups is 1. The molecule has 13 heteroatoms. The van der Waals surface area contributed by atoms with Gasteiger partial charge in [-0.2, -0.15) is 4.68 Å². The molecule has 0 aliphatic rings. The Hall–Kier alpha value is -4.65. The second-order valence-electron chi connectivity index (χ2n) is 7.22. The lowest BCUT2D eigenvalue weighted by Gasteiger charge is -2.19. The Labute approximate surface area is 202 Å². The molecule has 0 radical (unpaired) electrons. The van der Waals surface area contributed by atoms with Crippen molar-refractivity contribution in [1.82, 2.24) is 19.7 Å². The highest BCUT2D eigenvalue weighted by molar-refractivity contribution is 7.12. The summed E-state index contributed by atoms with van der Waals surface area (Å²) in [4.78, 5) is 31.3. The molecule has 3 heterocycles. The third-order valence-electron chi connectivity index (χ3n) is 5.07. The fourth-order valence-electron chi connectivity index (χ4n) is 3.39. The fourth-order valence-corrected chi connectivity index (χ4v) is 4.10. The molecule has 0 saturated heterocycles. The average molecular weight is 496 g/mol. The smallest absolute Gasteiger partial charge is 0.348 e. The minimum Gasteiger partial charge on any atom is -0.491 e. The summed E-state index contributed by atoms with van der Waals surface area (Å²) >= 11 is 0.994. The maximum atomic E-state index is 12.8. The number of nitrogens with zero attached hydrogens (tertiary/aromatic N) is 3. The zero-order chi connectivity index (χ0) is 25.1. The Bertz CT molecular complexity index is 1440. The first-order valence-electron chi connectivity index (χ1n) is 10.1. The standard InChI is InChI=1S/C22H21N7O5S/c1-33-15-9-12(10-25-20(15)34-2)16(26-13-5-3-11(4-6-13)18(23)24)19-27-22(32)29(28-19)14-7-8-35-17(14)21(30)31/h3-10,16,26H,1-2H3,(H3,23,24)(H,30,31)(H,27,28,32). The topological polar surface area (TPSA) is 181 Å². The Morgan fingerprint density at radius 1 is 1.26 bits per heavy atom. The zero-order valence-corrected chi connectivity index (χ0v) is 19.4. The van der Waals surface area contributed by atoms with Gasteiger partial charge in [-0.25, -0.2) is 14.6 Å². The van der Waals surface area contributed by atoms with Crippen LogP contribution < -0.4 is 26.2 Å². The van der Waals surface area contributed by atoms with Gasteiger partial charge in [0.1, 0.15) is 16.8 Å². The molecule has 12 nitrogen and oxygen atoms in total. The van der Waals surface area contributed by atoms with E-state index in [-0.39, 0.29) is 28.1 Å². The number of carboxylic acids is 1. The van der Waals surface area contributed by atoms with Gasteiger partial charge in [0.15, 0.2) is 11.6 Å². The van der Waals surface area contributed by atoms with E-state index in [4.69, 9.17) is 20.6 Å². The van der Waals surface area contributed by atoms with Crippen molar-refractivity contribution in [2.45, 2.75) is 6.04 Å². The lowest BCUT2D eigenvalue weighted by Crippen LogP contribution is -2.17. The van der Waals surface area contributed by atoms with Crippen LogP contribution in [0, 0.1) is 5.41 Å². The summed E-state index contributed by atoms with van der Waals surface area (Å²) in [6.45, 7) is 0. The third-order valence-corrected chi connectivity index (χ3v) is 5.96. The van der Waals surface area contributed by atoms with Gasteiger partial charge in [0.05, 0.1) is 19.9 Å². The number of hydrogen-bond acceptors (Lipinski definition) is 9. The summed E-state index contributed by atoms with van der Waals surface area (Å²) < 4.78 is 11.6. The number of aromatic carboxylic acids is 1. The number of nitrogen functional groups attached to an aromatic ring is 1. The highest BCUT2D eigenvalue weighted by Gasteiger charge is 2.24. The van der Waals surface area contributed by atoms with Gasteiger partial charge >= 0.3 is 11.7 Å². The number of carboxylic acid groups (broad SMARTS) is 1. The number of benzene rings is 1. The molecule has 1 aromatic carbocycles. The fraction of sp³-hybridized carbons (Fsp3) is 0.136. The molecule has 1 atom stereocenters. The molecule has 35 heavy (non-hydrogen) atoms. The number of methoxy groups -OCH3 is 2. The monoisotopic (exact) mass is 495 g/mol. The Morgan fingerprint density at radius 2 is 2.00 bits per heavy atom. The van der Waals surface area contributed by atoms with Gasteiger partial charge in [-0.3, -0.25) is 10.4 Å². The Morgan fingerprint density at radius 3 is 2.63 bits per heavy atom. The van der Waals surface area contributed by atoms with E-state index in [1.54, 1.807) is 41.9 Å². The first-order chi connectivity index (χ1) is 16.8. The number of aromatic nitrogens is 4. The quantitative estimate of drug-likeness (QED) is 0.172. The molecule has 0 spiro atoms. The summed E-state index contributed by atoms with van der Waals surface area (Å²) in [6.07, 6.45) is 1.55. The van der Waals surface area contributed by atoms with E-state index in [1.807, 2.05) is 0 Å². The van der Waals surface area contributed by atoms with Crippen molar-refractivity contribution in [3.05, 3.63) is 80.3 Å². The molecule has 0 saturated carbocycles. The number of nitrogens with two attached hydrogens (primary N) is 1. The van der Waals surface area contributed by atoms with Crippen LogP contribution in [0.1, 0.15) is 32.7 Å². The van der Waals surface area contributed by atoms with E-state index in [0.29, 0.717) is 22.6 Å². The molecule has 0 aliphatic carbocycles. The normalized spacial score (nSPS) is 11.6. The van der Waals surface area contributed by atoms with E-state index in [2.05, 4.69) is 20.4 Å². The second-order valence-corrected chi connectivity index (χ2v) is 8.13. The maximum Gasteiger partial charge on any atom is 0.348 e. The first-order valence-corrected chi connectivity index (χ1v) is 11.0. The number of carbonyl (C=O) groups is 1. The number of nitrogens with one attached hydrogen (secondary N) is 3. The molecule has 1 unspecified atom stereocenters. The lowest BCUT2D eigenvalue weighted by molar-refractivity contribution is 0.0702. The predicted octanol–water partition coefficient (Wildman–Crippen LogP) is 2.22. The number of hydrogen-bond donors (Lipinski definition) is 5. The molecule has 180 valence electrons. The minimum atomic E-state index is -1.16. The molecule has 0 amide bonds. The summed E-state index contributed by atoms with van der Waals surface area (Å²) in [7, 11) is 2.95. The number of aromatic amines is 1. The maximum absolute atomic E-state index is 12.8. The molecule has 0 bridgehead atoms. The number of rotatable bonds is 9. The van der Waals surface area contributed by atoms with Crippen LogP contribution in [-0.2, 0) is 0 Å². The minimum absolute atomic E-state index is 0.0118. The average Bonchev–Trinajstić information content (AvgIpc) is 3.49. The van der Waals surface area contributed by atoms with Gasteiger partial charge in [0.25, 0.3) is 5.88 Å². The number of anilines is 1. The lowest BCUT2D eigenvalue weighted by atomic mass is 10.1. The van der Waals surface area contributed by atoms with Crippen LogP contribution in [0.25, 0.3) is 5.69 Å². The van der Waals surface area contributed by atoms with Crippen molar-refractivity contribution in [3.63, 3.8) is 0 Å². The molecule has 0 fully saturated rings. The van der Waals surface area contributed by atoms with Crippen molar-refractivity contribution in [1.29, 1.82) is 5.41 Å². The summed E-state index contributed by atoms with van der Waals surface area (Å²) in [5.74, 6) is -0.357. The summed E-state index contributed by atoms with van der Waals surface area (Å²) in [5.41, 5.74) is 6.88. The third kappa shape index (κ3) is 4.70. The van der Waals surface area contributed by atoms with Crippen LogP contribution in [0.15, 0.2) is 52.8 Å². The van der Waals surface area contributed by atoms with Crippen LogP contribution in [0.2, 0.25) is 0 Å². The Balaban J connectivity index is 1.80. The Kier molecular flexibility index (Phi) is 6.51. The van der Waals surface area contributed by atoms with Crippen LogP contribution in [-0.4, -0.2) is 50.9 Å². The second kappa shape index (κ2) is 9.69. The van der Waals surface area contributed by atoms with Crippen LogP contribution in [0.4, 0.5) is 5.69 Å². The van der Waals surface area contributed by atoms with Gasteiger partial charge in [-0.15, -0.1) is 16.4 Å². The molecule has 4 rings (SSSR count). The van der Waals surface area contributed by atoms with E-state index in [0.717, 1.165) is 16.0 Å². The summed E-state index contributed by atoms with van der Waals surface area (Å²) in [5, 5.41) is 26.3. The van der Waals surface area contributed by atoms with Crippen molar-refractivity contribution >= 4 is 28.8 Å². The highest BCUT2D eigenvalue weighted by atomic mass is 32.1. The number of pyridine rings is 1. The molecule has 4 aromatic rings. The van der Waals surface area contributed by atoms with Gasteiger partial charge in [0, 0.05) is 23.0 Å². The van der Waals surface area contributed by atoms with Crippen molar-refractivity contribution < 1.29 is 19.4 Å². The predicted molar refractivity (Wildman–Crippen MR) is 129 cm³/mol. The highest BCUT2D eigenvalue weighted by Crippen LogP contribution is 2.31. The zero-order valence-electron chi connectivity index (χ0n) is 18.6. The van der Waals surface area contributed by atoms with Crippen molar-refractivity contribution in [2.75, 3.05) is 19.5 Å². The van der Waals surface area contributed by atoms with Gasteiger partial charge in [-0.1, -0.05) is 0 Å². The van der Waals surface area contributed by atoms with Crippen molar-refractivity contribution in [3.8, 4) is 17.3 Å². The summed E-state index contributed by atoms with van der Waals surface area (Å²) in [6, 6.07) is 9.31. The van der Waals surface area contributed by atoms with Crippen LogP contribution in [0.5, 0.6) is 11.6 Å². The first kappa shape index (κ1) is 23.5. The number of thiophene rings is 1. The molecular weight excluding hydrogens is 474 g/mol. The van der Waals surface area contributed by atoms with E-state index < -0.39 is 17.7 Å². The van der Waals surface area contributed by atoms with Gasteiger partial charge < -0.3 is 25.6 Å². The largest absolute Gasteiger partial charge is 0.491 e. The van der Waals surface area contributed by atoms with Gasteiger partial charge in [0.2, 0.25) is 0 Å². The van der Waals surface area contributed by atoms with Crippen molar-refractivity contribution in [2.24, 2.45) is 5.73 Å². The number of ether oxygens (including phenoxy) is 2. The van der Waals surface area contributed by atoms with E-state index in [9.17, 15) is 14.7 Å². The van der Waals surface area contributed by atoms with E-state index >= 15 is 0 Å². The van der Waals surface area contributed by atoms with Crippen LogP contribution >= 0.6 is 11.3 Å². The molecule has 3 aromatic heterocycles. The number of H-pyrrole nitrogens is 1. The SMILES string of the molecule is COc1cc(C(Nc2ccc(C(=N)N)cc2)c2nn(-c3ccsc3C(=O)O)c(=O)[nH]2)cnc1OC. The molecule has 6 N–H and O–H groups in total. The van der Waals surface area contributed by atoms with E-state index in [1.165, 1.54) is 20.3 Å².